The van der Waals surface area contributed by atoms with Gasteiger partial charge >= 0.3 is 5.97 Å². The molecule has 1 aromatic rings. The average Bonchev–Trinajstić information content (AvgIpc) is 3.01. The van der Waals surface area contributed by atoms with Gasteiger partial charge in [-0.1, -0.05) is 0 Å². The van der Waals surface area contributed by atoms with Crippen molar-refractivity contribution in [3.05, 3.63) is 12.1 Å². The van der Waals surface area contributed by atoms with Gasteiger partial charge in [0.2, 0.25) is 17.6 Å². The molecular weight excluding hydrogens is 344 g/mol. The van der Waals surface area contributed by atoms with Crippen molar-refractivity contribution in [3.63, 3.8) is 0 Å². The molecule has 1 unspecified atom stereocenters. The van der Waals surface area contributed by atoms with Crippen LogP contribution in [0.5, 0.6) is 17.2 Å². The lowest BCUT2D eigenvalue weighted by Crippen LogP contribution is -2.42. The van der Waals surface area contributed by atoms with Crippen LogP contribution in [0.1, 0.15) is 13.3 Å². The molecule has 0 spiro atoms. The first-order chi connectivity index (χ1) is 12.3. The van der Waals surface area contributed by atoms with E-state index in [4.69, 9.17) is 19.3 Å². The number of carboxylic acid groups (broad SMARTS) is 1. The lowest BCUT2D eigenvalue weighted by Gasteiger charge is -2.20. The van der Waals surface area contributed by atoms with Gasteiger partial charge in [0.1, 0.15) is 6.04 Å². The number of aliphatic carboxylic acids is 1. The second kappa shape index (κ2) is 7.94. The molecule has 1 fully saturated rings. The molecule has 142 valence electrons. The predicted octanol–water partition coefficient (Wildman–Crippen LogP) is 0.655. The Morgan fingerprint density at radius 3 is 2.23 bits per heavy atom. The van der Waals surface area contributed by atoms with Gasteiger partial charge in [-0.05, 0) is 6.92 Å². The number of ether oxygens (including phenoxy) is 3. The van der Waals surface area contributed by atoms with E-state index in [0.717, 1.165) is 0 Å². The number of hydrogen-bond donors (Lipinski definition) is 2. The first-order valence-corrected chi connectivity index (χ1v) is 7.95. The number of methoxy groups -OCH3 is 3. The summed E-state index contributed by atoms with van der Waals surface area (Å²) in [4.78, 5) is 36.9. The number of carboxylic acids is 1. The highest BCUT2D eigenvalue weighted by atomic mass is 16.5. The van der Waals surface area contributed by atoms with E-state index in [1.165, 1.54) is 33.2 Å². The number of nitrogens with zero attached hydrogens (tertiary/aromatic N) is 1. The van der Waals surface area contributed by atoms with E-state index < -0.39 is 23.8 Å². The van der Waals surface area contributed by atoms with Gasteiger partial charge in [0.05, 0.1) is 32.9 Å². The summed E-state index contributed by atoms with van der Waals surface area (Å²) in [5.41, 5.74) is 0.506. The summed E-state index contributed by atoms with van der Waals surface area (Å²) in [6, 6.07) is 2.23. The van der Waals surface area contributed by atoms with Crippen LogP contribution in [-0.4, -0.2) is 56.8 Å². The summed E-state index contributed by atoms with van der Waals surface area (Å²) in [5, 5.41) is 11.3. The Bertz CT molecular complexity index is 694. The highest BCUT2D eigenvalue weighted by Crippen LogP contribution is 2.42. The Morgan fingerprint density at radius 1 is 1.19 bits per heavy atom. The molecule has 1 saturated heterocycles. The van der Waals surface area contributed by atoms with E-state index in [2.05, 4.69) is 5.32 Å². The Kier molecular flexibility index (Phi) is 5.91. The van der Waals surface area contributed by atoms with Crippen molar-refractivity contribution in [2.24, 2.45) is 5.92 Å². The van der Waals surface area contributed by atoms with Crippen LogP contribution in [0.15, 0.2) is 12.1 Å². The Hall–Kier alpha value is -2.97. The third-order valence-electron chi connectivity index (χ3n) is 4.19. The fourth-order valence-electron chi connectivity index (χ4n) is 2.75. The quantitative estimate of drug-likeness (QED) is 0.728. The molecule has 1 heterocycles. The van der Waals surface area contributed by atoms with Crippen molar-refractivity contribution < 1.29 is 33.7 Å². The largest absolute Gasteiger partial charge is 0.493 e. The summed E-state index contributed by atoms with van der Waals surface area (Å²) in [6.45, 7) is 1.50. The molecule has 2 rings (SSSR count). The number of amides is 2. The molecule has 9 nitrogen and oxygen atoms in total. The van der Waals surface area contributed by atoms with E-state index in [1.54, 1.807) is 12.1 Å². The molecule has 1 aromatic carbocycles. The zero-order valence-electron chi connectivity index (χ0n) is 15.1. The summed E-state index contributed by atoms with van der Waals surface area (Å²) >= 11 is 0. The molecule has 26 heavy (non-hydrogen) atoms. The van der Waals surface area contributed by atoms with Crippen LogP contribution in [-0.2, 0) is 14.4 Å². The molecular formula is C17H22N2O7. The average molecular weight is 366 g/mol. The molecule has 0 radical (unpaired) electrons. The van der Waals surface area contributed by atoms with Gasteiger partial charge in [0.25, 0.3) is 0 Å². The van der Waals surface area contributed by atoms with Crippen LogP contribution in [0.25, 0.3) is 0 Å². The first-order valence-electron chi connectivity index (χ1n) is 7.95. The van der Waals surface area contributed by atoms with Crippen LogP contribution in [0.3, 0.4) is 0 Å². The highest BCUT2D eigenvalue weighted by Gasteiger charge is 2.36. The second-order valence-corrected chi connectivity index (χ2v) is 5.86. The van der Waals surface area contributed by atoms with Gasteiger partial charge in [-0.3, -0.25) is 14.4 Å². The molecule has 0 aliphatic carbocycles. The first kappa shape index (κ1) is 19.4. The number of hydrogen-bond acceptors (Lipinski definition) is 6. The van der Waals surface area contributed by atoms with Crippen molar-refractivity contribution in [3.8, 4) is 17.2 Å². The number of benzene rings is 1. The molecule has 0 bridgehead atoms. The van der Waals surface area contributed by atoms with Crippen molar-refractivity contribution in [2.45, 2.75) is 19.4 Å². The predicted molar refractivity (Wildman–Crippen MR) is 91.8 cm³/mol. The molecule has 0 aromatic heterocycles. The van der Waals surface area contributed by atoms with E-state index >= 15 is 0 Å². The fourth-order valence-corrected chi connectivity index (χ4v) is 2.75. The fraction of sp³-hybridized carbons (Fsp3) is 0.471. The lowest BCUT2D eigenvalue weighted by atomic mass is 10.1. The molecule has 2 N–H and O–H groups in total. The second-order valence-electron chi connectivity index (χ2n) is 5.86. The van der Waals surface area contributed by atoms with Crippen molar-refractivity contribution in [2.75, 3.05) is 32.8 Å². The van der Waals surface area contributed by atoms with Gasteiger partial charge in [0.15, 0.2) is 11.5 Å². The lowest BCUT2D eigenvalue weighted by molar-refractivity contribution is -0.141. The molecule has 1 aliphatic rings. The Labute approximate surface area is 150 Å². The van der Waals surface area contributed by atoms with E-state index in [0.29, 0.717) is 22.9 Å². The van der Waals surface area contributed by atoms with Crippen LogP contribution in [0, 0.1) is 5.92 Å². The van der Waals surface area contributed by atoms with Crippen molar-refractivity contribution in [1.82, 2.24) is 5.32 Å². The van der Waals surface area contributed by atoms with Crippen LogP contribution in [0.4, 0.5) is 5.69 Å². The van der Waals surface area contributed by atoms with Crippen molar-refractivity contribution in [1.29, 1.82) is 0 Å². The summed E-state index contributed by atoms with van der Waals surface area (Å²) in [6.07, 6.45) is -0.00513. The molecule has 1 aliphatic heterocycles. The monoisotopic (exact) mass is 366 g/mol. The van der Waals surface area contributed by atoms with Crippen LogP contribution >= 0.6 is 0 Å². The Balaban J connectivity index is 2.23. The molecule has 9 heteroatoms. The minimum atomic E-state index is -1.14. The SMILES string of the molecule is COc1cc(N2CC(C(=O)N[C@@H](C)C(=O)O)CC2=O)cc(OC)c1OC. The normalized spacial score (nSPS) is 17.6. The summed E-state index contributed by atoms with van der Waals surface area (Å²) < 4.78 is 15.8. The Morgan fingerprint density at radius 2 is 1.77 bits per heavy atom. The summed E-state index contributed by atoms with van der Waals surface area (Å²) in [7, 11) is 4.41. The maximum Gasteiger partial charge on any atom is 0.325 e. The van der Waals surface area contributed by atoms with E-state index in [1.807, 2.05) is 0 Å². The number of carbonyl (C=O) groups is 3. The van der Waals surface area contributed by atoms with Crippen molar-refractivity contribution >= 4 is 23.5 Å². The van der Waals surface area contributed by atoms with Gasteiger partial charge < -0.3 is 29.5 Å². The maximum atomic E-state index is 12.4. The van der Waals surface area contributed by atoms with E-state index in [-0.39, 0.29) is 18.9 Å². The van der Waals surface area contributed by atoms with E-state index in [9.17, 15) is 14.4 Å². The van der Waals surface area contributed by atoms with Gasteiger partial charge in [-0.15, -0.1) is 0 Å². The molecule has 2 atom stereocenters. The van der Waals surface area contributed by atoms with Gasteiger partial charge in [-0.2, -0.15) is 0 Å². The number of nitrogens with one attached hydrogen (secondary N) is 1. The topological polar surface area (TPSA) is 114 Å². The smallest absolute Gasteiger partial charge is 0.325 e. The number of anilines is 1. The highest BCUT2D eigenvalue weighted by molar-refractivity contribution is 6.01. The minimum absolute atomic E-state index is 0.00513. The maximum absolute atomic E-state index is 12.4. The third-order valence-corrected chi connectivity index (χ3v) is 4.19. The zero-order valence-corrected chi connectivity index (χ0v) is 15.1. The van der Waals surface area contributed by atoms with Crippen LogP contribution < -0.4 is 24.4 Å². The summed E-state index contributed by atoms with van der Waals surface area (Å²) in [5.74, 6) is -1.31. The van der Waals surface area contributed by atoms with Crippen LogP contribution in [0.2, 0.25) is 0 Å². The molecule has 0 saturated carbocycles. The number of carbonyl (C=O) groups excluding carboxylic acids is 2. The zero-order chi connectivity index (χ0) is 19.4. The van der Waals surface area contributed by atoms with Gasteiger partial charge in [-0.25, -0.2) is 0 Å². The minimum Gasteiger partial charge on any atom is -0.493 e. The number of rotatable bonds is 7. The van der Waals surface area contributed by atoms with Gasteiger partial charge in [0, 0.05) is 25.1 Å². The third kappa shape index (κ3) is 3.81. The molecule has 2 amide bonds. The standard InChI is InChI=1S/C17H22N2O7/c1-9(17(22)23)18-16(21)10-5-14(20)19(8-10)11-6-12(24-2)15(26-4)13(7-11)25-3/h6-7,9-10H,5,8H2,1-4H3,(H,18,21)(H,22,23)/t9-,10?/m0/s1.